The highest BCUT2D eigenvalue weighted by Gasteiger charge is 2.28. The van der Waals surface area contributed by atoms with Gasteiger partial charge in [0.15, 0.2) is 0 Å². The second kappa shape index (κ2) is 7.71. The van der Waals surface area contributed by atoms with Gasteiger partial charge >= 0.3 is 0 Å². The van der Waals surface area contributed by atoms with E-state index in [2.05, 4.69) is 31.9 Å². The molecular formula is C11H16Br2N2O4S. The number of aliphatic hydroxyl groups is 1. The van der Waals surface area contributed by atoms with Gasteiger partial charge in [0.25, 0.3) is 0 Å². The molecule has 0 aliphatic carbocycles. The van der Waals surface area contributed by atoms with Gasteiger partial charge in [0.1, 0.15) is 4.90 Å². The number of rotatable bonds is 7. The predicted molar refractivity (Wildman–Crippen MR) is 84.0 cm³/mol. The maximum atomic E-state index is 12.6. The molecule has 0 aliphatic heterocycles. The highest BCUT2D eigenvalue weighted by molar-refractivity contribution is 9.11. The summed E-state index contributed by atoms with van der Waals surface area (Å²) in [5.74, 6) is 0. The molecule has 20 heavy (non-hydrogen) atoms. The fourth-order valence-corrected chi connectivity index (χ4v) is 5.07. The lowest BCUT2D eigenvalue weighted by Gasteiger charge is -2.22. The van der Waals surface area contributed by atoms with Crippen LogP contribution in [-0.2, 0) is 14.8 Å². The smallest absolute Gasteiger partial charge is 0.246 e. The SMILES string of the molecule is COCCN(CCO)S(=O)(=O)c1c(N)cc(Br)cc1Br. The number of ether oxygens (including phenoxy) is 1. The third-order valence-corrected chi connectivity index (χ3v) is 5.89. The van der Waals surface area contributed by atoms with E-state index in [0.717, 1.165) is 4.31 Å². The summed E-state index contributed by atoms with van der Waals surface area (Å²) in [6, 6.07) is 3.13. The summed E-state index contributed by atoms with van der Waals surface area (Å²) in [4.78, 5) is -0.00902. The molecule has 0 bridgehead atoms. The van der Waals surface area contributed by atoms with E-state index in [-0.39, 0.29) is 36.9 Å². The highest BCUT2D eigenvalue weighted by Crippen LogP contribution is 2.33. The quantitative estimate of drug-likeness (QED) is 0.637. The van der Waals surface area contributed by atoms with Crippen LogP contribution in [0.15, 0.2) is 26.0 Å². The van der Waals surface area contributed by atoms with E-state index < -0.39 is 10.0 Å². The van der Waals surface area contributed by atoms with E-state index in [1.54, 1.807) is 6.07 Å². The first kappa shape index (κ1) is 17.9. The van der Waals surface area contributed by atoms with Crippen molar-refractivity contribution in [2.75, 3.05) is 39.1 Å². The largest absolute Gasteiger partial charge is 0.398 e. The number of anilines is 1. The molecule has 114 valence electrons. The fraction of sp³-hybridized carbons (Fsp3) is 0.455. The topological polar surface area (TPSA) is 92.9 Å². The van der Waals surface area contributed by atoms with E-state index in [1.807, 2.05) is 0 Å². The van der Waals surface area contributed by atoms with Crippen molar-refractivity contribution in [3.05, 3.63) is 21.1 Å². The van der Waals surface area contributed by atoms with Crippen LogP contribution in [0.5, 0.6) is 0 Å². The van der Waals surface area contributed by atoms with E-state index in [4.69, 9.17) is 15.6 Å². The number of halogens is 2. The van der Waals surface area contributed by atoms with Gasteiger partial charge in [-0.25, -0.2) is 8.42 Å². The van der Waals surface area contributed by atoms with E-state index in [9.17, 15) is 8.42 Å². The van der Waals surface area contributed by atoms with Crippen LogP contribution in [0, 0.1) is 0 Å². The minimum absolute atomic E-state index is 0.00902. The van der Waals surface area contributed by atoms with Crippen molar-refractivity contribution in [2.45, 2.75) is 4.90 Å². The van der Waals surface area contributed by atoms with Gasteiger partial charge in [-0.3, -0.25) is 0 Å². The lowest BCUT2D eigenvalue weighted by Crippen LogP contribution is -2.36. The lowest BCUT2D eigenvalue weighted by atomic mass is 10.3. The molecule has 0 saturated heterocycles. The molecule has 0 heterocycles. The molecule has 0 atom stereocenters. The summed E-state index contributed by atoms with van der Waals surface area (Å²) < 4.78 is 32.3. The number of benzene rings is 1. The van der Waals surface area contributed by atoms with Crippen LogP contribution in [-0.4, -0.2) is 51.2 Å². The number of nitrogens with two attached hydrogens (primary N) is 1. The van der Waals surface area contributed by atoms with Crippen molar-refractivity contribution in [3.8, 4) is 0 Å². The Morgan fingerprint density at radius 2 is 2.00 bits per heavy atom. The molecule has 0 fully saturated rings. The Kier molecular flexibility index (Phi) is 6.89. The molecule has 0 spiro atoms. The summed E-state index contributed by atoms with van der Waals surface area (Å²) >= 11 is 6.46. The van der Waals surface area contributed by atoms with Gasteiger partial charge in [0.2, 0.25) is 10.0 Å². The number of hydrogen-bond acceptors (Lipinski definition) is 5. The Hall–Kier alpha value is -0.190. The molecule has 0 aromatic heterocycles. The molecule has 1 aromatic rings. The zero-order valence-corrected chi connectivity index (χ0v) is 14.8. The Bertz CT molecular complexity index is 543. The highest BCUT2D eigenvalue weighted by atomic mass is 79.9. The van der Waals surface area contributed by atoms with Crippen LogP contribution >= 0.6 is 31.9 Å². The summed E-state index contributed by atoms with van der Waals surface area (Å²) in [5.41, 5.74) is 5.94. The molecule has 0 radical (unpaired) electrons. The molecule has 0 saturated carbocycles. The predicted octanol–water partition coefficient (Wildman–Crippen LogP) is 1.42. The van der Waals surface area contributed by atoms with Crippen LogP contribution in [0.4, 0.5) is 5.69 Å². The van der Waals surface area contributed by atoms with E-state index >= 15 is 0 Å². The van der Waals surface area contributed by atoms with Gasteiger partial charge in [-0.2, -0.15) is 4.31 Å². The second-order valence-electron chi connectivity index (χ2n) is 3.93. The minimum Gasteiger partial charge on any atom is -0.398 e. The number of nitrogens with zero attached hydrogens (tertiary/aromatic N) is 1. The summed E-state index contributed by atoms with van der Waals surface area (Å²) in [6.45, 7) is 0.0687. The van der Waals surface area contributed by atoms with E-state index in [1.165, 1.54) is 13.2 Å². The lowest BCUT2D eigenvalue weighted by molar-refractivity contribution is 0.168. The van der Waals surface area contributed by atoms with Crippen molar-refractivity contribution in [2.24, 2.45) is 0 Å². The van der Waals surface area contributed by atoms with E-state index in [0.29, 0.717) is 8.95 Å². The Labute approximate surface area is 135 Å². The number of aliphatic hydroxyl groups excluding tert-OH is 1. The number of methoxy groups -OCH3 is 1. The Morgan fingerprint density at radius 1 is 1.35 bits per heavy atom. The van der Waals surface area contributed by atoms with Crippen LogP contribution in [0.1, 0.15) is 0 Å². The number of sulfonamides is 1. The first-order valence-electron chi connectivity index (χ1n) is 5.69. The van der Waals surface area contributed by atoms with Gasteiger partial charge in [-0.1, -0.05) is 15.9 Å². The third kappa shape index (κ3) is 4.15. The van der Waals surface area contributed by atoms with Gasteiger partial charge in [-0.15, -0.1) is 0 Å². The zero-order valence-electron chi connectivity index (χ0n) is 10.8. The first-order valence-corrected chi connectivity index (χ1v) is 8.71. The Balaban J connectivity index is 3.26. The molecule has 6 nitrogen and oxygen atoms in total. The molecule has 3 N–H and O–H groups in total. The monoisotopic (exact) mass is 430 g/mol. The number of hydrogen-bond donors (Lipinski definition) is 2. The standard InChI is InChI=1S/C11H16Br2N2O4S/c1-19-5-3-15(2-4-16)20(17,18)11-9(13)6-8(12)7-10(11)14/h6-7,16H,2-5,14H2,1H3. The average Bonchev–Trinajstić information content (AvgIpc) is 2.32. The third-order valence-electron chi connectivity index (χ3n) is 2.53. The van der Waals surface area contributed by atoms with Crippen molar-refractivity contribution in [1.29, 1.82) is 0 Å². The van der Waals surface area contributed by atoms with Crippen molar-refractivity contribution >= 4 is 47.6 Å². The van der Waals surface area contributed by atoms with Crippen LogP contribution < -0.4 is 5.73 Å². The molecule has 1 aromatic carbocycles. The van der Waals surface area contributed by atoms with Gasteiger partial charge in [0, 0.05) is 29.1 Å². The van der Waals surface area contributed by atoms with Gasteiger partial charge < -0.3 is 15.6 Å². The normalized spacial score (nSPS) is 12.1. The zero-order chi connectivity index (χ0) is 15.3. The second-order valence-corrected chi connectivity index (χ2v) is 7.57. The fourth-order valence-electron chi connectivity index (χ4n) is 1.64. The summed E-state index contributed by atoms with van der Waals surface area (Å²) in [6.07, 6.45) is 0. The molecule has 0 unspecified atom stereocenters. The van der Waals surface area contributed by atoms with Gasteiger partial charge in [-0.05, 0) is 28.1 Å². The van der Waals surface area contributed by atoms with Crippen molar-refractivity contribution < 1.29 is 18.3 Å². The van der Waals surface area contributed by atoms with Crippen LogP contribution in [0.3, 0.4) is 0 Å². The first-order chi connectivity index (χ1) is 9.34. The minimum atomic E-state index is -3.81. The Morgan fingerprint density at radius 3 is 2.50 bits per heavy atom. The molecular weight excluding hydrogens is 416 g/mol. The summed E-state index contributed by atoms with van der Waals surface area (Å²) in [5, 5.41) is 9.03. The molecule has 0 aliphatic rings. The van der Waals surface area contributed by atoms with Crippen LogP contribution in [0.25, 0.3) is 0 Å². The van der Waals surface area contributed by atoms with Crippen molar-refractivity contribution in [3.63, 3.8) is 0 Å². The van der Waals surface area contributed by atoms with Crippen LogP contribution in [0.2, 0.25) is 0 Å². The summed E-state index contributed by atoms with van der Waals surface area (Å²) in [7, 11) is -2.33. The molecule has 0 amide bonds. The van der Waals surface area contributed by atoms with Crippen molar-refractivity contribution in [1.82, 2.24) is 4.31 Å². The maximum absolute atomic E-state index is 12.6. The maximum Gasteiger partial charge on any atom is 0.246 e. The van der Waals surface area contributed by atoms with Gasteiger partial charge in [0.05, 0.1) is 18.9 Å². The number of nitrogen functional groups attached to an aromatic ring is 1. The molecule has 1 rings (SSSR count). The average molecular weight is 432 g/mol. The molecule has 9 heteroatoms.